The Balaban J connectivity index is 2.52. The predicted octanol–water partition coefficient (Wildman–Crippen LogP) is 3.82. The largest absolute Gasteiger partial charge is 0.396 e. The fourth-order valence-corrected chi connectivity index (χ4v) is 2.85. The van der Waals surface area contributed by atoms with Gasteiger partial charge in [0.2, 0.25) is 0 Å². The number of aliphatic hydroxyl groups is 1. The normalized spacial score (nSPS) is 12.5. The summed E-state index contributed by atoms with van der Waals surface area (Å²) in [6, 6.07) is 1.97. The first-order valence-corrected chi connectivity index (χ1v) is 7.41. The van der Waals surface area contributed by atoms with Crippen molar-refractivity contribution in [1.29, 1.82) is 0 Å². The number of halogens is 2. The molecule has 1 unspecified atom stereocenters. The van der Waals surface area contributed by atoms with E-state index in [-0.39, 0.29) is 6.61 Å². The number of aromatic nitrogens is 1. The van der Waals surface area contributed by atoms with Gasteiger partial charge in [-0.15, -0.1) is 0 Å². The predicted molar refractivity (Wildman–Crippen MR) is 78.2 cm³/mol. The summed E-state index contributed by atoms with van der Waals surface area (Å²) in [6.45, 7) is 3.26. The summed E-state index contributed by atoms with van der Waals surface area (Å²) in [5, 5.41) is 12.3. The van der Waals surface area contributed by atoms with Crippen LogP contribution in [0.3, 0.4) is 0 Å². The van der Waals surface area contributed by atoms with Gasteiger partial charge in [-0.1, -0.05) is 13.3 Å². The summed E-state index contributed by atoms with van der Waals surface area (Å²) in [4.78, 5) is 4.30. The van der Waals surface area contributed by atoms with Crippen LogP contribution in [-0.2, 0) is 0 Å². The second kappa shape index (κ2) is 8.06. The van der Waals surface area contributed by atoms with E-state index in [0.29, 0.717) is 5.92 Å². The summed E-state index contributed by atoms with van der Waals surface area (Å²) in [5.74, 6) is 1.36. The molecule has 17 heavy (non-hydrogen) atoms. The highest BCUT2D eigenvalue weighted by Crippen LogP contribution is 2.24. The number of anilines is 1. The van der Waals surface area contributed by atoms with Crippen LogP contribution in [0.2, 0.25) is 0 Å². The molecule has 0 saturated carbocycles. The second-order valence-corrected chi connectivity index (χ2v) is 5.80. The molecular weight excluding hydrogens is 348 g/mol. The number of aliphatic hydroxyl groups excluding tert-OH is 1. The van der Waals surface area contributed by atoms with Crippen molar-refractivity contribution in [3.8, 4) is 0 Å². The first kappa shape index (κ1) is 14.9. The molecular formula is C12H18Br2N2O. The van der Waals surface area contributed by atoms with Crippen LogP contribution in [0.4, 0.5) is 5.82 Å². The van der Waals surface area contributed by atoms with Crippen LogP contribution in [0.5, 0.6) is 0 Å². The quantitative estimate of drug-likeness (QED) is 0.772. The van der Waals surface area contributed by atoms with Gasteiger partial charge in [0.1, 0.15) is 5.82 Å². The van der Waals surface area contributed by atoms with E-state index in [2.05, 4.69) is 49.1 Å². The van der Waals surface area contributed by atoms with Crippen molar-refractivity contribution in [1.82, 2.24) is 4.98 Å². The third-order valence-corrected chi connectivity index (χ3v) is 3.64. The van der Waals surface area contributed by atoms with Crippen LogP contribution >= 0.6 is 31.9 Å². The van der Waals surface area contributed by atoms with E-state index in [1.165, 1.54) is 0 Å². The molecule has 0 spiro atoms. The lowest BCUT2D eigenvalue weighted by molar-refractivity contribution is 0.255. The minimum atomic E-state index is 0.251. The maximum Gasteiger partial charge on any atom is 0.140 e. The van der Waals surface area contributed by atoms with E-state index in [1.54, 1.807) is 6.20 Å². The Labute approximate surface area is 119 Å². The van der Waals surface area contributed by atoms with E-state index in [9.17, 15) is 0 Å². The third-order valence-electron chi connectivity index (χ3n) is 2.60. The third kappa shape index (κ3) is 5.36. The molecule has 0 aliphatic rings. The first-order chi connectivity index (χ1) is 8.17. The van der Waals surface area contributed by atoms with Crippen LogP contribution in [0.1, 0.15) is 26.2 Å². The Morgan fingerprint density at radius 3 is 2.76 bits per heavy atom. The maximum absolute atomic E-state index is 8.99. The van der Waals surface area contributed by atoms with E-state index in [0.717, 1.165) is 40.6 Å². The van der Waals surface area contributed by atoms with E-state index < -0.39 is 0 Å². The molecule has 5 heteroatoms. The zero-order valence-electron chi connectivity index (χ0n) is 9.92. The molecule has 96 valence electrons. The van der Waals surface area contributed by atoms with Crippen LogP contribution in [0.25, 0.3) is 0 Å². The number of hydrogen-bond donors (Lipinski definition) is 2. The SMILES string of the molecule is CCCC(CCO)CNc1ncc(Br)cc1Br. The molecule has 0 saturated heterocycles. The molecule has 1 heterocycles. The number of rotatable bonds is 7. The molecule has 0 aliphatic carbocycles. The van der Waals surface area contributed by atoms with E-state index in [4.69, 9.17) is 5.11 Å². The lowest BCUT2D eigenvalue weighted by Gasteiger charge is -2.16. The van der Waals surface area contributed by atoms with Gasteiger partial charge in [0.25, 0.3) is 0 Å². The molecule has 1 atom stereocenters. The maximum atomic E-state index is 8.99. The summed E-state index contributed by atoms with van der Waals surface area (Å²) in [7, 11) is 0. The van der Waals surface area contributed by atoms with Crippen LogP contribution < -0.4 is 5.32 Å². The topological polar surface area (TPSA) is 45.1 Å². The van der Waals surface area contributed by atoms with Gasteiger partial charge < -0.3 is 10.4 Å². The highest BCUT2D eigenvalue weighted by Gasteiger charge is 2.08. The lowest BCUT2D eigenvalue weighted by Crippen LogP contribution is -2.16. The number of hydrogen-bond acceptors (Lipinski definition) is 3. The van der Waals surface area contributed by atoms with Crippen molar-refractivity contribution < 1.29 is 5.11 Å². The molecule has 3 nitrogen and oxygen atoms in total. The fraction of sp³-hybridized carbons (Fsp3) is 0.583. The summed E-state index contributed by atoms with van der Waals surface area (Å²) in [6.07, 6.45) is 4.88. The molecule has 0 amide bonds. The van der Waals surface area contributed by atoms with Gasteiger partial charge in [0, 0.05) is 23.8 Å². The smallest absolute Gasteiger partial charge is 0.140 e. The number of nitrogens with one attached hydrogen (secondary N) is 1. The van der Waals surface area contributed by atoms with Crippen molar-refractivity contribution in [2.45, 2.75) is 26.2 Å². The van der Waals surface area contributed by atoms with E-state index >= 15 is 0 Å². The Morgan fingerprint density at radius 1 is 1.41 bits per heavy atom. The monoisotopic (exact) mass is 364 g/mol. The number of nitrogens with zero attached hydrogens (tertiary/aromatic N) is 1. The molecule has 0 bridgehead atoms. The molecule has 2 N–H and O–H groups in total. The second-order valence-electron chi connectivity index (χ2n) is 4.03. The van der Waals surface area contributed by atoms with Gasteiger partial charge in [-0.25, -0.2) is 4.98 Å². The first-order valence-electron chi connectivity index (χ1n) is 5.83. The Hall–Kier alpha value is -0.130. The fourth-order valence-electron chi connectivity index (χ4n) is 1.72. The molecule has 0 aliphatic heterocycles. The van der Waals surface area contributed by atoms with Gasteiger partial charge in [-0.2, -0.15) is 0 Å². The van der Waals surface area contributed by atoms with Crippen molar-refractivity contribution in [3.05, 3.63) is 21.2 Å². The highest BCUT2D eigenvalue weighted by molar-refractivity contribution is 9.11. The van der Waals surface area contributed by atoms with Crippen LogP contribution in [0, 0.1) is 5.92 Å². The van der Waals surface area contributed by atoms with Gasteiger partial charge >= 0.3 is 0 Å². The Morgan fingerprint density at radius 2 is 2.18 bits per heavy atom. The average Bonchev–Trinajstić information content (AvgIpc) is 2.28. The zero-order chi connectivity index (χ0) is 12.7. The van der Waals surface area contributed by atoms with Crippen LogP contribution in [0.15, 0.2) is 21.2 Å². The molecule has 1 rings (SSSR count). The van der Waals surface area contributed by atoms with Gasteiger partial charge in [-0.3, -0.25) is 0 Å². The zero-order valence-corrected chi connectivity index (χ0v) is 13.1. The Kier molecular flexibility index (Phi) is 7.08. The molecule has 0 aromatic carbocycles. The lowest BCUT2D eigenvalue weighted by atomic mass is 10.0. The molecule has 0 fully saturated rings. The van der Waals surface area contributed by atoms with Crippen LogP contribution in [-0.4, -0.2) is 23.2 Å². The summed E-state index contributed by atoms with van der Waals surface area (Å²) < 4.78 is 1.90. The minimum absolute atomic E-state index is 0.251. The van der Waals surface area contributed by atoms with Crippen molar-refractivity contribution in [3.63, 3.8) is 0 Å². The standard InChI is InChI=1S/C12H18Br2N2O/c1-2-3-9(4-5-17)7-15-12-11(14)6-10(13)8-16-12/h6,8-9,17H,2-5,7H2,1H3,(H,15,16). The van der Waals surface area contributed by atoms with Gasteiger partial charge in [-0.05, 0) is 56.7 Å². The van der Waals surface area contributed by atoms with E-state index in [1.807, 2.05) is 6.07 Å². The van der Waals surface area contributed by atoms with Crippen molar-refractivity contribution in [2.24, 2.45) is 5.92 Å². The van der Waals surface area contributed by atoms with Crippen molar-refractivity contribution >= 4 is 37.7 Å². The van der Waals surface area contributed by atoms with Gasteiger partial charge in [0.15, 0.2) is 0 Å². The average molecular weight is 366 g/mol. The highest BCUT2D eigenvalue weighted by atomic mass is 79.9. The Bertz CT molecular complexity index is 341. The number of pyridine rings is 1. The summed E-state index contributed by atoms with van der Waals surface area (Å²) >= 11 is 6.84. The minimum Gasteiger partial charge on any atom is -0.396 e. The van der Waals surface area contributed by atoms with Gasteiger partial charge in [0.05, 0.1) is 4.47 Å². The summed E-state index contributed by atoms with van der Waals surface area (Å²) in [5.41, 5.74) is 0. The van der Waals surface area contributed by atoms with Crippen molar-refractivity contribution in [2.75, 3.05) is 18.5 Å². The molecule has 1 aromatic rings. The molecule has 0 radical (unpaired) electrons. The molecule has 1 aromatic heterocycles.